The first-order valence-corrected chi connectivity index (χ1v) is 15.4. The van der Waals surface area contributed by atoms with Crippen LogP contribution in [0.2, 0.25) is 0 Å². The largest absolute Gasteiger partial charge is 0.458 e. The average molecular weight is 630 g/mol. The zero-order valence-electron chi connectivity index (χ0n) is 27.2. The second-order valence-electron chi connectivity index (χ2n) is 12.5. The van der Waals surface area contributed by atoms with Crippen LogP contribution in [0, 0.1) is 0 Å². The van der Waals surface area contributed by atoms with Gasteiger partial charge in [0.2, 0.25) is 11.8 Å². The number of fused-ring (bicyclic) bond motifs is 3. The van der Waals surface area contributed by atoms with Crippen LogP contribution >= 0.6 is 0 Å². The Morgan fingerprint density at radius 3 is 1.89 bits per heavy atom. The van der Waals surface area contributed by atoms with Crippen molar-refractivity contribution in [1.82, 2.24) is 15.5 Å². The molecule has 0 aliphatic heterocycles. The molecule has 10 nitrogen and oxygen atoms in total. The number of carbonyl (C=O) groups is 4. The van der Waals surface area contributed by atoms with Gasteiger partial charge in [-0.3, -0.25) is 9.59 Å². The Labute approximate surface area is 270 Å². The molecule has 3 amide bonds. The highest BCUT2D eigenvalue weighted by Crippen LogP contribution is 2.44. The van der Waals surface area contributed by atoms with Crippen molar-refractivity contribution in [3.8, 4) is 11.1 Å². The van der Waals surface area contributed by atoms with E-state index in [1.165, 1.54) is 25.7 Å². The number of carbonyl (C=O) groups excluding carboxylic acids is 4. The van der Waals surface area contributed by atoms with E-state index in [1.807, 2.05) is 48.5 Å². The molecule has 3 aromatic carbocycles. The van der Waals surface area contributed by atoms with Gasteiger partial charge in [0.15, 0.2) is 0 Å². The van der Waals surface area contributed by atoms with Crippen LogP contribution in [0.15, 0.2) is 78.9 Å². The summed E-state index contributed by atoms with van der Waals surface area (Å²) in [6.07, 6.45) is -0.793. The van der Waals surface area contributed by atoms with Gasteiger partial charge in [-0.1, -0.05) is 78.9 Å². The van der Waals surface area contributed by atoms with E-state index in [9.17, 15) is 24.3 Å². The standard InChI is InChI=1S/C36H43N3O7/c1-22(38-35(44)45-21-30-28-18-12-10-16-26(28)27-17-11-13-19-29(27)30)33(42)39(31(20-40)25-14-8-7-9-15-25)24(3)32(41)37-23(2)34(43)46-36(4,5)6/h7-19,22-24,30-31,40H,20-21H2,1-6H3,(H,37,41)(H,38,44)/t22-,23-,24-,31-/m0/s1. The predicted molar refractivity (Wildman–Crippen MR) is 174 cm³/mol. The molecular formula is C36H43N3O7. The van der Waals surface area contributed by atoms with Gasteiger partial charge in [0.05, 0.1) is 12.6 Å². The number of amides is 3. The molecule has 0 unspecified atom stereocenters. The first kappa shape index (κ1) is 34.2. The van der Waals surface area contributed by atoms with Gasteiger partial charge in [-0.15, -0.1) is 0 Å². The molecule has 0 saturated carbocycles. The van der Waals surface area contributed by atoms with Crippen LogP contribution in [0.5, 0.6) is 0 Å². The normalized spacial score (nSPS) is 14.9. The molecule has 3 aromatic rings. The summed E-state index contributed by atoms with van der Waals surface area (Å²) in [6.45, 7) is 9.22. The molecule has 1 aliphatic carbocycles. The predicted octanol–water partition coefficient (Wildman–Crippen LogP) is 4.71. The molecule has 0 spiro atoms. The summed E-state index contributed by atoms with van der Waals surface area (Å²) < 4.78 is 11.0. The number of esters is 1. The van der Waals surface area contributed by atoms with Crippen LogP contribution in [-0.4, -0.2) is 70.8 Å². The van der Waals surface area contributed by atoms with Crippen LogP contribution in [0.25, 0.3) is 11.1 Å². The Balaban J connectivity index is 1.48. The van der Waals surface area contributed by atoms with Gasteiger partial charge in [-0.2, -0.15) is 0 Å². The van der Waals surface area contributed by atoms with Crippen LogP contribution in [0.3, 0.4) is 0 Å². The summed E-state index contributed by atoms with van der Waals surface area (Å²) in [5, 5.41) is 15.7. The SMILES string of the molecule is C[C@H](NC(=O)[C@H](C)N(C(=O)[C@H](C)NC(=O)OCC1c2ccccc2-c2ccccc21)[C@@H](CO)c1ccccc1)C(=O)OC(C)(C)C. The maximum Gasteiger partial charge on any atom is 0.407 e. The minimum atomic E-state index is -1.14. The molecule has 0 radical (unpaired) electrons. The van der Waals surface area contributed by atoms with Crippen molar-refractivity contribution in [3.63, 3.8) is 0 Å². The van der Waals surface area contributed by atoms with Crippen molar-refractivity contribution in [1.29, 1.82) is 0 Å². The van der Waals surface area contributed by atoms with E-state index in [4.69, 9.17) is 9.47 Å². The fraction of sp³-hybridized carbons (Fsp3) is 0.389. The van der Waals surface area contributed by atoms with Gasteiger partial charge < -0.3 is 30.1 Å². The lowest BCUT2D eigenvalue weighted by Gasteiger charge is -2.37. The number of alkyl carbamates (subject to hydrolysis) is 1. The topological polar surface area (TPSA) is 134 Å². The van der Waals surface area contributed by atoms with Gasteiger partial charge in [0.25, 0.3) is 0 Å². The Kier molecular flexibility index (Phi) is 10.8. The highest BCUT2D eigenvalue weighted by atomic mass is 16.6. The van der Waals surface area contributed by atoms with Gasteiger partial charge in [0, 0.05) is 5.92 Å². The maximum atomic E-state index is 14.0. The van der Waals surface area contributed by atoms with Gasteiger partial charge in [0.1, 0.15) is 30.3 Å². The summed E-state index contributed by atoms with van der Waals surface area (Å²) >= 11 is 0. The second kappa shape index (κ2) is 14.6. The molecule has 0 bridgehead atoms. The Hall–Kier alpha value is -4.70. The zero-order chi connectivity index (χ0) is 33.6. The minimum absolute atomic E-state index is 0.0646. The summed E-state index contributed by atoms with van der Waals surface area (Å²) in [7, 11) is 0. The van der Waals surface area contributed by atoms with Crippen molar-refractivity contribution in [2.45, 2.75) is 77.2 Å². The van der Waals surface area contributed by atoms with Crippen LogP contribution in [-0.2, 0) is 23.9 Å². The highest BCUT2D eigenvalue weighted by molar-refractivity contribution is 5.93. The fourth-order valence-corrected chi connectivity index (χ4v) is 5.66. The molecule has 0 aromatic heterocycles. The van der Waals surface area contributed by atoms with E-state index < -0.39 is 60.3 Å². The lowest BCUT2D eigenvalue weighted by molar-refractivity contribution is -0.158. The summed E-state index contributed by atoms with van der Waals surface area (Å²) in [5.74, 6) is -2.04. The number of aliphatic hydroxyl groups is 1. The van der Waals surface area contributed by atoms with Crippen molar-refractivity contribution in [2.24, 2.45) is 0 Å². The third-order valence-corrected chi connectivity index (χ3v) is 7.91. The number of rotatable bonds is 11. The smallest absolute Gasteiger partial charge is 0.407 e. The number of hydrogen-bond acceptors (Lipinski definition) is 7. The number of aliphatic hydroxyl groups excluding tert-OH is 1. The minimum Gasteiger partial charge on any atom is -0.458 e. The molecular weight excluding hydrogens is 586 g/mol. The van der Waals surface area contributed by atoms with Crippen molar-refractivity contribution in [3.05, 3.63) is 95.6 Å². The van der Waals surface area contributed by atoms with Gasteiger partial charge in [-0.25, -0.2) is 9.59 Å². The molecule has 244 valence electrons. The third kappa shape index (κ3) is 7.92. The van der Waals surface area contributed by atoms with E-state index in [-0.39, 0.29) is 12.5 Å². The van der Waals surface area contributed by atoms with E-state index in [0.717, 1.165) is 22.3 Å². The van der Waals surface area contributed by atoms with Crippen molar-refractivity contribution in [2.75, 3.05) is 13.2 Å². The Bertz CT molecular complexity index is 1510. The molecule has 4 rings (SSSR count). The fourth-order valence-electron chi connectivity index (χ4n) is 5.66. The van der Waals surface area contributed by atoms with Crippen LogP contribution in [0.1, 0.15) is 70.2 Å². The molecule has 0 saturated heterocycles. The number of hydrogen-bond donors (Lipinski definition) is 3. The number of nitrogens with zero attached hydrogens (tertiary/aromatic N) is 1. The van der Waals surface area contributed by atoms with E-state index in [1.54, 1.807) is 51.1 Å². The summed E-state index contributed by atoms with van der Waals surface area (Å²) in [6, 6.07) is 20.6. The molecule has 1 aliphatic rings. The second-order valence-corrected chi connectivity index (χ2v) is 12.5. The summed E-state index contributed by atoms with van der Waals surface area (Å²) in [4.78, 5) is 54.2. The molecule has 4 atom stereocenters. The molecule has 0 fully saturated rings. The Morgan fingerprint density at radius 2 is 1.35 bits per heavy atom. The summed E-state index contributed by atoms with van der Waals surface area (Å²) in [5.41, 5.74) is 4.14. The average Bonchev–Trinajstić information content (AvgIpc) is 3.35. The number of nitrogens with one attached hydrogen (secondary N) is 2. The molecule has 46 heavy (non-hydrogen) atoms. The van der Waals surface area contributed by atoms with Crippen LogP contribution in [0.4, 0.5) is 4.79 Å². The van der Waals surface area contributed by atoms with Gasteiger partial charge >= 0.3 is 12.1 Å². The number of benzene rings is 3. The van der Waals surface area contributed by atoms with Crippen molar-refractivity contribution < 1.29 is 33.8 Å². The molecule has 0 heterocycles. The lowest BCUT2D eigenvalue weighted by atomic mass is 9.98. The number of ether oxygens (including phenoxy) is 2. The first-order chi connectivity index (χ1) is 21.8. The monoisotopic (exact) mass is 629 g/mol. The third-order valence-electron chi connectivity index (χ3n) is 7.91. The van der Waals surface area contributed by atoms with Gasteiger partial charge in [-0.05, 0) is 69.4 Å². The van der Waals surface area contributed by atoms with E-state index >= 15 is 0 Å². The molecule has 3 N–H and O–H groups in total. The Morgan fingerprint density at radius 1 is 0.804 bits per heavy atom. The highest BCUT2D eigenvalue weighted by Gasteiger charge is 2.37. The quantitative estimate of drug-likeness (QED) is 0.262. The molecule has 10 heteroatoms. The van der Waals surface area contributed by atoms with E-state index in [0.29, 0.717) is 5.56 Å². The van der Waals surface area contributed by atoms with E-state index in [2.05, 4.69) is 10.6 Å². The first-order valence-electron chi connectivity index (χ1n) is 15.4. The maximum absolute atomic E-state index is 14.0. The van der Waals surface area contributed by atoms with Crippen molar-refractivity contribution >= 4 is 23.9 Å². The lowest BCUT2D eigenvalue weighted by Crippen LogP contribution is -2.57. The zero-order valence-corrected chi connectivity index (χ0v) is 27.2. The van der Waals surface area contributed by atoms with Crippen LogP contribution < -0.4 is 10.6 Å².